The Balaban J connectivity index is 1.78. The second-order valence-corrected chi connectivity index (χ2v) is 4.40. The van der Waals surface area contributed by atoms with E-state index in [0.29, 0.717) is 6.54 Å². The second kappa shape index (κ2) is 4.98. The summed E-state index contributed by atoms with van der Waals surface area (Å²) in [7, 11) is 0. The van der Waals surface area contributed by atoms with Gasteiger partial charge in [0.2, 0.25) is 0 Å². The summed E-state index contributed by atoms with van der Waals surface area (Å²) in [6.07, 6.45) is 0. The number of nitrogens with zero attached hydrogens (tertiary/aromatic N) is 1. The molecule has 19 heavy (non-hydrogen) atoms. The third-order valence-corrected chi connectivity index (χ3v) is 2.98. The van der Waals surface area contributed by atoms with Crippen LogP contribution in [0.1, 0.15) is 5.69 Å². The van der Waals surface area contributed by atoms with Crippen LogP contribution in [0.5, 0.6) is 5.75 Å². The minimum atomic E-state index is 0.261. The zero-order valence-electron chi connectivity index (χ0n) is 10.4. The first kappa shape index (κ1) is 11.5. The van der Waals surface area contributed by atoms with Gasteiger partial charge in [-0.15, -0.1) is 0 Å². The van der Waals surface area contributed by atoms with Gasteiger partial charge in [0.1, 0.15) is 5.75 Å². The predicted octanol–water partition coefficient (Wildman–Crippen LogP) is 3.55. The van der Waals surface area contributed by atoms with Crippen molar-refractivity contribution in [2.45, 2.75) is 6.54 Å². The fraction of sp³-hybridized carbons (Fsp3) is 0.0625. The van der Waals surface area contributed by atoms with Crippen molar-refractivity contribution in [3.05, 3.63) is 66.4 Å². The molecule has 0 saturated heterocycles. The lowest BCUT2D eigenvalue weighted by Crippen LogP contribution is -2.01. The van der Waals surface area contributed by atoms with Crippen LogP contribution < -0.4 is 5.32 Å². The van der Waals surface area contributed by atoms with Gasteiger partial charge in [-0.05, 0) is 24.3 Å². The Morgan fingerprint density at radius 1 is 0.947 bits per heavy atom. The molecule has 0 aliphatic carbocycles. The fourth-order valence-corrected chi connectivity index (χ4v) is 2.02. The molecule has 3 aromatic rings. The molecule has 2 N–H and O–H groups in total. The Morgan fingerprint density at radius 3 is 2.74 bits per heavy atom. The molecule has 0 atom stereocenters. The standard InChI is InChI=1S/C16H14N2O/c19-15-6-3-5-13(10-15)17-11-14-9-8-12-4-1-2-7-16(12)18-14/h1-10,17,19H,11H2. The average molecular weight is 250 g/mol. The largest absolute Gasteiger partial charge is 0.508 e. The first-order chi connectivity index (χ1) is 9.31. The lowest BCUT2D eigenvalue weighted by atomic mass is 10.2. The van der Waals surface area contributed by atoms with Crippen LogP contribution in [0.4, 0.5) is 5.69 Å². The number of anilines is 1. The molecule has 0 spiro atoms. The number of nitrogens with one attached hydrogen (secondary N) is 1. The number of aromatic hydroxyl groups is 1. The van der Waals surface area contributed by atoms with E-state index in [9.17, 15) is 5.11 Å². The molecular weight excluding hydrogens is 236 g/mol. The summed E-state index contributed by atoms with van der Waals surface area (Å²) in [5.41, 5.74) is 2.86. The molecule has 1 aromatic heterocycles. The van der Waals surface area contributed by atoms with Gasteiger partial charge in [0.25, 0.3) is 0 Å². The van der Waals surface area contributed by atoms with E-state index in [2.05, 4.69) is 22.4 Å². The van der Waals surface area contributed by atoms with E-state index in [1.165, 1.54) is 0 Å². The quantitative estimate of drug-likeness (QED) is 0.747. The van der Waals surface area contributed by atoms with Crippen molar-refractivity contribution in [1.29, 1.82) is 0 Å². The van der Waals surface area contributed by atoms with Gasteiger partial charge in [-0.3, -0.25) is 4.98 Å². The fourth-order valence-electron chi connectivity index (χ4n) is 2.02. The highest BCUT2D eigenvalue weighted by atomic mass is 16.3. The molecule has 0 aliphatic heterocycles. The molecule has 2 aromatic carbocycles. The zero-order chi connectivity index (χ0) is 13.1. The normalized spacial score (nSPS) is 10.5. The Bertz CT molecular complexity index is 710. The number of para-hydroxylation sites is 1. The average Bonchev–Trinajstić information content (AvgIpc) is 2.45. The summed E-state index contributed by atoms with van der Waals surface area (Å²) < 4.78 is 0. The number of hydrogen-bond acceptors (Lipinski definition) is 3. The SMILES string of the molecule is Oc1cccc(NCc2ccc3ccccc3n2)c1. The molecule has 94 valence electrons. The topological polar surface area (TPSA) is 45.1 Å². The van der Waals surface area contributed by atoms with Crippen molar-refractivity contribution >= 4 is 16.6 Å². The van der Waals surface area contributed by atoms with Gasteiger partial charge in [0.05, 0.1) is 17.8 Å². The number of rotatable bonds is 3. The summed E-state index contributed by atoms with van der Waals surface area (Å²) in [4.78, 5) is 4.59. The maximum absolute atomic E-state index is 9.40. The van der Waals surface area contributed by atoms with Crippen LogP contribution in [0, 0.1) is 0 Å². The number of benzene rings is 2. The Hall–Kier alpha value is -2.55. The molecule has 3 nitrogen and oxygen atoms in total. The molecule has 0 aliphatic rings. The summed E-state index contributed by atoms with van der Waals surface area (Å²) in [5, 5.41) is 13.8. The third kappa shape index (κ3) is 2.65. The number of phenolic OH excluding ortho intramolecular Hbond substituents is 1. The van der Waals surface area contributed by atoms with E-state index >= 15 is 0 Å². The predicted molar refractivity (Wildman–Crippen MR) is 77.2 cm³/mol. The van der Waals surface area contributed by atoms with Gasteiger partial charge >= 0.3 is 0 Å². The summed E-state index contributed by atoms with van der Waals surface area (Å²) in [6, 6.07) is 19.2. The van der Waals surface area contributed by atoms with Crippen LogP contribution >= 0.6 is 0 Å². The molecule has 0 unspecified atom stereocenters. The van der Waals surface area contributed by atoms with Crippen LogP contribution in [-0.2, 0) is 6.54 Å². The molecule has 0 bridgehead atoms. The summed E-state index contributed by atoms with van der Waals surface area (Å²) >= 11 is 0. The van der Waals surface area contributed by atoms with Crippen molar-refractivity contribution in [3.63, 3.8) is 0 Å². The van der Waals surface area contributed by atoms with Crippen molar-refractivity contribution < 1.29 is 5.11 Å². The van der Waals surface area contributed by atoms with Crippen LogP contribution in [0.25, 0.3) is 10.9 Å². The van der Waals surface area contributed by atoms with Crippen LogP contribution in [-0.4, -0.2) is 10.1 Å². The monoisotopic (exact) mass is 250 g/mol. The zero-order valence-corrected chi connectivity index (χ0v) is 10.4. The van der Waals surface area contributed by atoms with E-state index in [1.54, 1.807) is 12.1 Å². The molecular formula is C16H14N2O. The number of phenols is 1. The Kier molecular flexibility index (Phi) is 3.02. The van der Waals surface area contributed by atoms with E-state index in [-0.39, 0.29) is 5.75 Å². The van der Waals surface area contributed by atoms with Crippen LogP contribution in [0.15, 0.2) is 60.7 Å². The summed E-state index contributed by atoms with van der Waals surface area (Å²) in [5.74, 6) is 0.261. The van der Waals surface area contributed by atoms with Gasteiger partial charge in [-0.2, -0.15) is 0 Å². The van der Waals surface area contributed by atoms with Crippen molar-refractivity contribution in [3.8, 4) is 5.75 Å². The number of fused-ring (bicyclic) bond motifs is 1. The molecule has 0 fully saturated rings. The van der Waals surface area contributed by atoms with Crippen LogP contribution in [0.2, 0.25) is 0 Å². The summed E-state index contributed by atoms with van der Waals surface area (Å²) in [6.45, 7) is 0.633. The Morgan fingerprint density at radius 2 is 1.84 bits per heavy atom. The smallest absolute Gasteiger partial charge is 0.117 e. The van der Waals surface area contributed by atoms with E-state index in [4.69, 9.17) is 0 Å². The van der Waals surface area contributed by atoms with E-state index in [1.807, 2.05) is 36.4 Å². The minimum Gasteiger partial charge on any atom is -0.508 e. The highest BCUT2D eigenvalue weighted by Crippen LogP contribution is 2.17. The van der Waals surface area contributed by atoms with Crippen molar-refractivity contribution in [2.24, 2.45) is 0 Å². The van der Waals surface area contributed by atoms with Gasteiger partial charge < -0.3 is 10.4 Å². The molecule has 0 saturated carbocycles. The third-order valence-electron chi connectivity index (χ3n) is 2.98. The highest BCUT2D eigenvalue weighted by molar-refractivity contribution is 5.78. The van der Waals surface area contributed by atoms with Gasteiger partial charge in [0, 0.05) is 17.1 Å². The van der Waals surface area contributed by atoms with E-state index < -0.39 is 0 Å². The van der Waals surface area contributed by atoms with Crippen LogP contribution in [0.3, 0.4) is 0 Å². The number of hydrogen-bond donors (Lipinski definition) is 2. The molecule has 0 radical (unpaired) electrons. The number of pyridine rings is 1. The minimum absolute atomic E-state index is 0.261. The second-order valence-electron chi connectivity index (χ2n) is 4.40. The van der Waals surface area contributed by atoms with Gasteiger partial charge in [0.15, 0.2) is 0 Å². The molecule has 3 heteroatoms. The Labute approximate surface area is 111 Å². The highest BCUT2D eigenvalue weighted by Gasteiger charge is 1.99. The lowest BCUT2D eigenvalue weighted by molar-refractivity contribution is 0.475. The van der Waals surface area contributed by atoms with Crippen molar-refractivity contribution in [2.75, 3.05) is 5.32 Å². The van der Waals surface area contributed by atoms with Gasteiger partial charge in [-0.1, -0.05) is 30.3 Å². The molecule has 0 amide bonds. The first-order valence-corrected chi connectivity index (χ1v) is 6.19. The van der Waals surface area contributed by atoms with Gasteiger partial charge in [-0.25, -0.2) is 0 Å². The maximum atomic E-state index is 9.40. The number of aromatic nitrogens is 1. The molecule has 3 rings (SSSR count). The molecule has 1 heterocycles. The first-order valence-electron chi connectivity index (χ1n) is 6.19. The maximum Gasteiger partial charge on any atom is 0.117 e. The lowest BCUT2D eigenvalue weighted by Gasteiger charge is -2.07. The van der Waals surface area contributed by atoms with E-state index in [0.717, 1.165) is 22.3 Å². The van der Waals surface area contributed by atoms with Crippen molar-refractivity contribution in [1.82, 2.24) is 4.98 Å².